The first-order chi connectivity index (χ1) is 6.84. The van der Waals surface area contributed by atoms with Crippen LogP contribution in [0.1, 0.15) is 40.0 Å². The van der Waals surface area contributed by atoms with Crippen LogP contribution >= 0.6 is 0 Å². The molecule has 0 saturated heterocycles. The van der Waals surface area contributed by atoms with Crippen LogP contribution in [0, 0.1) is 11.8 Å². The highest BCUT2D eigenvalue weighted by molar-refractivity contribution is 7.91. The Labute approximate surface area is 92.8 Å². The number of aliphatic hydroxyl groups is 1. The minimum atomic E-state index is -2.91. The largest absolute Gasteiger partial charge is 0.393 e. The lowest BCUT2D eigenvalue weighted by atomic mass is 9.95. The molecule has 3 atom stereocenters. The summed E-state index contributed by atoms with van der Waals surface area (Å²) in [5.41, 5.74) is 0. The van der Waals surface area contributed by atoms with E-state index >= 15 is 0 Å². The molecule has 1 fully saturated rings. The molecule has 0 aromatic rings. The van der Waals surface area contributed by atoms with E-state index < -0.39 is 9.84 Å². The number of sulfone groups is 1. The van der Waals surface area contributed by atoms with Gasteiger partial charge in [0.2, 0.25) is 0 Å². The summed E-state index contributed by atoms with van der Waals surface area (Å²) in [4.78, 5) is 0. The van der Waals surface area contributed by atoms with E-state index in [1.807, 2.05) is 6.92 Å². The van der Waals surface area contributed by atoms with E-state index in [-0.39, 0.29) is 23.0 Å². The normalized spacial score (nSPS) is 32.5. The number of hydrogen-bond acceptors (Lipinski definition) is 3. The van der Waals surface area contributed by atoms with Gasteiger partial charge in [-0.25, -0.2) is 8.42 Å². The molecule has 0 aliphatic heterocycles. The smallest absolute Gasteiger partial charge is 0.152 e. The van der Waals surface area contributed by atoms with Crippen LogP contribution < -0.4 is 0 Å². The van der Waals surface area contributed by atoms with Crippen molar-refractivity contribution in [1.82, 2.24) is 0 Å². The van der Waals surface area contributed by atoms with Gasteiger partial charge in [0.25, 0.3) is 0 Å². The summed E-state index contributed by atoms with van der Waals surface area (Å²) in [5, 5.41) is 9.28. The van der Waals surface area contributed by atoms with Gasteiger partial charge in [0.05, 0.1) is 17.1 Å². The Morgan fingerprint density at radius 3 is 2.33 bits per heavy atom. The Hall–Kier alpha value is -0.0900. The van der Waals surface area contributed by atoms with E-state index in [1.165, 1.54) is 0 Å². The van der Waals surface area contributed by atoms with Crippen LogP contribution in [0.4, 0.5) is 0 Å². The minimum absolute atomic E-state index is 0.225. The molecule has 0 bridgehead atoms. The van der Waals surface area contributed by atoms with Crippen molar-refractivity contribution >= 4 is 9.84 Å². The summed E-state index contributed by atoms with van der Waals surface area (Å²) >= 11 is 0. The molecule has 4 heteroatoms. The first-order valence-electron chi connectivity index (χ1n) is 5.74. The summed E-state index contributed by atoms with van der Waals surface area (Å²) in [5.74, 6) is 0.910. The first-order valence-corrected chi connectivity index (χ1v) is 7.45. The van der Waals surface area contributed by atoms with E-state index in [2.05, 4.69) is 0 Å². The third kappa shape index (κ3) is 3.18. The van der Waals surface area contributed by atoms with Crippen molar-refractivity contribution in [3.8, 4) is 0 Å². The lowest BCUT2D eigenvalue weighted by Gasteiger charge is -2.17. The van der Waals surface area contributed by atoms with Gasteiger partial charge in [-0.15, -0.1) is 0 Å². The molecule has 0 amide bonds. The van der Waals surface area contributed by atoms with Gasteiger partial charge >= 0.3 is 0 Å². The van der Waals surface area contributed by atoms with Gasteiger partial charge in [-0.1, -0.05) is 6.92 Å². The second kappa shape index (κ2) is 4.83. The zero-order chi connectivity index (χ0) is 11.6. The molecule has 1 saturated carbocycles. The van der Waals surface area contributed by atoms with Crippen molar-refractivity contribution in [3.63, 3.8) is 0 Å². The molecule has 0 aromatic carbocycles. The highest BCUT2D eigenvalue weighted by Gasteiger charge is 2.32. The Kier molecular flexibility index (Phi) is 4.18. The standard InChI is InChI=1S/C11H22O3S/c1-8(2)15(13,14)7-6-10-4-5-11(12)9(10)3/h8-12H,4-7H2,1-3H3. The molecule has 0 aromatic heterocycles. The molecular weight excluding hydrogens is 212 g/mol. The topological polar surface area (TPSA) is 54.4 Å². The zero-order valence-electron chi connectivity index (χ0n) is 9.81. The third-order valence-electron chi connectivity index (χ3n) is 3.68. The average Bonchev–Trinajstić information content (AvgIpc) is 2.45. The molecule has 3 nitrogen and oxygen atoms in total. The fraction of sp³-hybridized carbons (Fsp3) is 1.00. The molecule has 1 N–H and O–H groups in total. The maximum atomic E-state index is 11.6. The minimum Gasteiger partial charge on any atom is -0.393 e. The van der Waals surface area contributed by atoms with E-state index in [1.54, 1.807) is 13.8 Å². The number of rotatable bonds is 4. The number of hydrogen-bond donors (Lipinski definition) is 1. The first kappa shape index (κ1) is 13.0. The molecule has 0 spiro atoms. The second-order valence-electron chi connectivity index (χ2n) is 4.97. The maximum Gasteiger partial charge on any atom is 0.152 e. The van der Waals surface area contributed by atoms with Gasteiger partial charge in [0.1, 0.15) is 0 Å². The van der Waals surface area contributed by atoms with Crippen molar-refractivity contribution in [2.75, 3.05) is 5.75 Å². The van der Waals surface area contributed by atoms with Crippen LogP contribution in [0.5, 0.6) is 0 Å². The lowest BCUT2D eigenvalue weighted by molar-refractivity contribution is 0.127. The van der Waals surface area contributed by atoms with Gasteiger partial charge in [-0.2, -0.15) is 0 Å². The van der Waals surface area contributed by atoms with Crippen molar-refractivity contribution < 1.29 is 13.5 Å². The third-order valence-corrected chi connectivity index (χ3v) is 5.92. The molecule has 1 rings (SSSR count). The lowest BCUT2D eigenvalue weighted by Crippen LogP contribution is -2.22. The fourth-order valence-corrected chi connectivity index (χ4v) is 3.29. The molecule has 90 valence electrons. The zero-order valence-corrected chi connectivity index (χ0v) is 10.6. The Balaban J connectivity index is 2.45. The van der Waals surface area contributed by atoms with E-state index in [4.69, 9.17) is 0 Å². The summed E-state index contributed by atoms with van der Waals surface area (Å²) in [6.07, 6.45) is 2.28. The Morgan fingerprint density at radius 2 is 1.93 bits per heavy atom. The molecule has 3 unspecified atom stereocenters. The average molecular weight is 234 g/mol. The molecular formula is C11H22O3S. The predicted molar refractivity (Wildman–Crippen MR) is 61.4 cm³/mol. The SMILES string of the molecule is CC1C(O)CCC1CCS(=O)(=O)C(C)C. The second-order valence-corrected chi connectivity index (χ2v) is 7.65. The van der Waals surface area contributed by atoms with Crippen LogP contribution in [-0.4, -0.2) is 30.6 Å². The fourth-order valence-electron chi connectivity index (χ4n) is 2.18. The Morgan fingerprint density at radius 1 is 1.33 bits per heavy atom. The molecule has 1 aliphatic carbocycles. The predicted octanol–water partition coefficient (Wildman–Crippen LogP) is 1.61. The van der Waals surface area contributed by atoms with Gasteiger partial charge in [-0.3, -0.25) is 0 Å². The highest BCUT2D eigenvalue weighted by Crippen LogP contribution is 2.34. The van der Waals surface area contributed by atoms with Crippen LogP contribution in [-0.2, 0) is 9.84 Å². The van der Waals surface area contributed by atoms with Gasteiger partial charge in [-0.05, 0) is 44.9 Å². The molecule has 0 radical (unpaired) electrons. The summed E-state index contributed by atoms with van der Waals surface area (Å²) in [6.45, 7) is 5.47. The van der Waals surface area contributed by atoms with Crippen molar-refractivity contribution in [2.24, 2.45) is 11.8 Å². The highest BCUT2D eigenvalue weighted by atomic mass is 32.2. The molecule has 1 aliphatic rings. The summed E-state index contributed by atoms with van der Waals surface area (Å²) in [7, 11) is -2.91. The van der Waals surface area contributed by atoms with Gasteiger partial charge in [0, 0.05) is 0 Å². The molecule has 0 heterocycles. The number of aliphatic hydroxyl groups excluding tert-OH is 1. The monoisotopic (exact) mass is 234 g/mol. The van der Waals surface area contributed by atoms with Crippen LogP contribution in [0.25, 0.3) is 0 Å². The van der Waals surface area contributed by atoms with Gasteiger partial charge < -0.3 is 5.11 Å². The van der Waals surface area contributed by atoms with Crippen LogP contribution in [0.3, 0.4) is 0 Å². The van der Waals surface area contributed by atoms with E-state index in [0.717, 1.165) is 12.8 Å². The van der Waals surface area contributed by atoms with Crippen molar-refractivity contribution in [3.05, 3.63) is 0 Å². The van der Waals surface area contributed by atoms with E-state index in [9.17, 15) is 13.5 Å². The summed E-state index contributed by atoms with van der Waals surface area (Å²) in [6, 6.07) is 0. The van der Waals surface area contributed by atoms with Crippen molar-refractivity contribution in [2.45, 2.75) is 51.4 Å². The summed E-state index contributed by atoms with van der Waals surface area (Å²) < 4.78 is 23.2. The van der Waals surface area contributed by atoms with Crippen LogP contribution in [0.2, 0.25) is 0 Å². The van der Waals surface area contributed by atoms with Gasteiger partial charge in [0.15, 0.2) is 9.84 Å². The molecule has 15 heavy (non-hydrogen) atoms. The Bertz CT molecular complexity index is 295. The van der Waals surface area contributed by atoms with E-state index in [0.29, 0.717) is 12.3 Å². The quantitative estimate of drug-likeness (QED) is 0.804. The van der Waals surface area contributed by atoms with Crippen LogP contribution in [0.15, 0.2) is 0 Å². The maximum absolute atomic E-state index is 11.6. The van der Waals surface area contributed by atoms with Crippen molar-refractivity contribution in [1.29, 1.82) is 0 Å².